The number of hydrogen-bond donors (Lipinski definition) is 2. The molecule has 0 fully saturated rings. The van der Waals surface area contributed by atoms with Crippen molar-refractivity contribution in [3.8, 4) is 0 Å². The van der Waals surface area contributed by atoms with E-state index in [2.05, 4.69) is 20.8 Å². The van der Waals surface area contributed by atoms with Crippen molar-refractivity contribution in [2.75, 3.05) is 17.7 Å². The van der Waals surface area contributed by atoms with E-state index < -0.39 is 16.8 Å². The van der Waals surface area contributed by atoms with E-state index in [1.165, 1.54) is 41.3 Å². The average Bonchev–Trinajstić information content (AvgIpc) is 3.59. The Morgan fingerprint density at radius 2 is 1.89 bits per heavy atom. The highest BCUT2D eigenvalue weighted by molar-refractivity contribution is 7.99. The largest absolute Gasteiger partial charge is 0.462 e. The van der Waals surface area contributed by atoms with Crippen LogP contribution in [0.5, 0.6) is 0 Å². The summed E-state index contributed by atoms with van der Waals surface area (Å²) in [5.41, 5.74) is 2.88. The van der Waals surface area contributed by atoms with Crippen molar-refractivity contribution in [3.63, 3.8) is 0 Å². The topological polar surface area (TPSA) is 158 Å². The van der Waals surface area contributed by atoms with Crippen LogP contribution < -0.4 is 10.6 Å². The van der Waals surface area contributed by atoms with Gasteiger partial charge in [0, 0.05) is 22.1 Å². The first kappa shape index (κ1) is 31.9. The molecule has 0 saturated carbocycles. The number of anilines is 1. The van der Waals surface area contributed by atoms with E-state index in [0.29, 0.717) is 33.7 Å². The Morgan fingerprint density at radius 1 is 1.11 bits per heavy atom. The van der Waals surface area contributed by atoms with E-state index in [1.807, 2.05) is 34.9 Å². The zero-order valence-corrected chi connectivity index (χ0v) is 26.5. The third kappa shape index (κ3) is 7.57. The van der Waals surface area contributed by atoms with Crippen LogP contribution in [-0.2, 0) is 35.5 Å². The fourth-order valence-electron chi connectivity index (χ4n) is 5.06. The van der Waals surface area contributed by atoms with Gasteiger partial charge in [-0.2, -0.15) is 0 Å². The van der Waals surface area contributed by atoms with Crippen molar-refractivity contribution in [2.45, 2.75) is 57.8 Å². The molecule has 1 aliphatic rings. The van der Waals surface area contributed by atoms with Gasteiger partial charge in [-0.15, -0.1) is 21.5 Å². The van der Waals surface area contributed by atoms with Crippen molar-refractivity contribution in [3.05, 3.63) is 97.2 Å². The minimum Gasteiger partial charge on any atom is -0.462 e. The minimum atomic E-state index is -0.521. The molecule has 0 unspecified atom stereocenters. The monoisotopic (exact) mass is 648 g/mol. The van der Waals surface area contributed by atoms with Gasteiger partial charge in [0.15, 0.2) is 11.0 Å². The van der Waals surface area contributed by atoms with Crippen LogP contribution in [0, 0.1) is 17.0 Å². The summed E-state index contributed by atoms with van der Waals surface area (Å²) >= 11 is 2.62. The van der Waals surface area contributed by atoms with Gasteiger partial charge in [-0.05, 0) is 56.7 Å². The lowest BCUT2D eigenvalue weighted by Gasteiger charge is -2.12. The molecule has 0 atom stereocenters. The number of aryl methyl sites for hydroxylation is 2. The maximum absolute atomic E-state index is 13.1. The number of nitro groups is 1. The molecule has 2 N–H and O–H groups in total. The number of hydrogen-bond acceptors (Lipinski definition) is 10. The lowest BCUT2D eigenvalue weighted by molar-refractivity contribution is -0.385. The number of benzene rings is 2. The van der Waals surface area contributed by atoms with Gasteiger partial charge in [0.05, 0.1) is 35.9 Å². The molecular weight excluding hydrogens is 617 g/mol. The first-order chi connectivity index (χ1) is 21.7. The van der Waals surface area contributed by atoms with Crippen LogP contribution in [0.25, 0.3) is 0 Å². The van der Waals surface area contributed by atoms with Crippen LogP contribution in [0.3, 0.4) is 0 Å². The molecule has 0 radical (unpaired) electrons. The summed E-state index contributed by atoms with van der Waals surface area (Å²) in [4.78, 5) is 50.7. The second-order valence-corrected chi connectivity index (χ2v) is 12.4. The second kappa shape index (κ2) is 14.5. The van der Waals surface area contributed by atoms with Gasteiger partial charge in [0.2, 0.25) is 5.91 Å². The van der Waals surface area contributed by atoms with E-state index in [0.717, 1.165) is 41.7 Å². The molecular formula is C31H32N6O6S2. The standard InChI is InChI=1S/C31H32N6O6S2/c1-3-43-30(40)27-22-11-7-8-12-24(22)45-29(27)33-26(38)18-44-31-35-34-25(36(31)17-20-9-5-4-6-10-20)16-32-28(39)21-14-13-19(2)23(15-21)37(41)42/h4-6,9-10,13-15H,3,7-8,11-12,16-18H2,1-2H3,(H,32,39)(H,33,38). The maximum atomic E-state index is 13.1. The zero-order chi connectivity index (χ0) is 31.9. The van der Waals surface area contributed by atoms with Gasteiger partial charge in [-0.25, -0.2) is 4.79 Å². The summed E-state index contributed by atoms with van der Waals surface area (Å²) in [6, 6.07) is 13.9. The summed E-state index contributed by atoms with van der Waals surface area (Å²) in [6.45, 7) is 4.02. The number of amides is 2. The fraction of sp³-hybridized carbons (Fsp3) is 0.323. The molecule has 1 aliphatic carbocycles. The smallest absolute Gasteiger partial charge is 0.341 e. The number of rotatable bonds is 12. The molecule has 0 spiro atoms. The molecule has 2 aromatic heterocycles. The Hall–Kier alpha value is -4.56. The van der Waals surface area contributed by atoms with Crippen LogP contribution in [0.4, 0.5) is 10.7 Å². The summed E-state index contributed by atoms with van der Waals surface area (Å²) in [5, 5.41) is 26.6. The predicted octanol–water partition coefficient (Wildman–Crippen LogP) is 5.32. The molecule has 4 aromatic rings. The lowest BCUT2D eigenvalue weighted by atomic mass is 9.95. The number of carbonyl (C=O) groups is 3. The van der Waals surface area contributed by atoms with Gasteiger partial charge in [-0.3, -0.25) is 19.7 Å². The molecule has 14 heteroatoms. The van der Waals surface area contributed by atoms with Gasteiger partial charge in [-0.1, -0.05) is 48.2 Å². The van der Waals surface area contributed by atoms with E-state index in [9.17, 15) is 24.5 Å². The molecule has 2 heterocycles. The Labute approximate surface area is 267 Å². The normalized spacial score (nSPS) is 12.3. The highest BCUT2D eigenvalue weighted by Crippen LogP contribution is 2.38. The Morgan fingerprint density at radius 3 is 2.64 bits per heavy atom. The molecule has 45 heavy (non-hydrogen) atoms. The number of nitrogens with zero attached hydrogens (tertiary/aromatic N) is 4. The van der Waals surface area contributed by atoms with Crippen LogP contribution in [0.15, 0.2) is 53.7 Å². The van der Waals surface area contributed by atoms with Crippen LogP contribution in [-0.4, -0.2) is 49.8 Å². The predicted molar refractivity (Wildman–Crippen MR) is 171 cm³/mol. The van der Waals surface area contributed by atoms with Crippen LogP contribution in [0.2, 0.25) is 0 Å². The third-order valence-electron chi connectivity index (χ3n) is 7.29. The molecule has 0 bridgehead atoms. The Kier molecular flexibility index (Phi) is 10.2. The van der Waals surface area contributed by atoms with Crippen molar-refractivity contribution in [1.82, 2.24) is 20.1 Å². The number of esters is 1. The highest BCUT2D eigenvalue weighted by Gasteiger charge is 2.27. The minimum absolute atomic E-state index is 0.0107. The van der Waals surface area contributed by atoms with E-state index in [4.69, 9.17) is 4.74 Å². The van der Waals surface area contributed by atoms with Gasteiger partial charge in [0.1, 0.15) is 5.00 Å². The first-order valence-corrected chi connectivity index (χ1v) is 16.3. The van der Waals surface area contributed by atoms with Crippen molar-refractivity contribution < 1.29 is 24.0 Å². The molecule has 234 valence electrons. The first-order valence-electron chi connectivity index (χ1n) is 14.5. The average molecular weight is 649 g/mol. The molecule has 0 saturated heterocycles. The number of ether oxygens (including phenoxy) is 1. The van der Waals surface area contributed by atoms with E-state index in [-0.39, 0.29) is 36.1 Å². The summed E-state index contributed by atoms with van der Waals surface area (Å²) in [5.74, 6) is -0.746. The number of aromatic nitrogens is 3. The molecule has 5 rings (SSSR count). The number of nitro benzene ring substituents is 1. The van der Waals surface area contributed by atoms with Crippen molar-refractivity contribution in [1.29, 1.82) is 0 Å². The van der Waals surface area contributed by atoms with Crippen molar-refractivity contribution >= 4 is 51.6 Å². The zero-order valence-electron chi connectivity index (χ0n) is 24.8. The van der Waals surface area contributed by atoms with Crippen LogP contribution >= 0.6 is 23.1 Å². The van der Waals surface area contributed by atoms with E-state index in [1.54, 1.807) is 13.8 Å². The molecule has 0 aliphatic heterocycles. The number of thioether (sulfide) groups is 1. The highest BCUT2D eigenvalue weighted by atomic mass is 32.2. The summed E-state index contributed by atoms with van der Waals surface area (Å²) in [7, 11) is 0. The fourth-order valence-corrected chi connectivity index (χ4v) is 7.11. The molecule has 2 amide bonds. The quantitative estimate of drug-likeness (QED) is 0.0897. The Balaban J connectivity index is 1.31. The summed E-state index contributed by atoms with van der Waals surface area (Å²) < 4.78 is 7.12. The SMILES string of the molecule is CCOC(=O)c1c(NC(=O)CSc2nnc(CNC(=O)c3ccc(C)c([N+](=O)[O-])c3)n2Cc2ccccc2)sc2c1CCCC2. The van der Waals surface area contributed by atoms with Crippen LogP contribution in [0.1, 0.15) is 67.9 Å². The van der Waals surface area contributed by atoms with Gasteiger partial charge >= 0.3 is 5.97 Å². The number of thiophene rings is 1. The maximum Gasteiger partial charge on any atom is 0.341 e. The number of fused-ring (bicyclic) bond motifs is 1. The summed E-state index contributed by atoms with van der Waals surface area (Å²) in [6.07, 6.45) is 3.70. The van der Waals surface area contributed by atoms with Gasteiger partial charge in [0.25, 0.3) is 11.6 Å². The van der Waals surface area contributed by atoms with Gasteiger partial charge < -0.3 is 19.9 Å². The van der Waals surface area contributed by atoms with E-state index >= 15 is 0 Å². The Bertz CT molecular complexity index is 1740. The molecule has 12 nitrogen and oxygen atoms in total. The van der Waals surface area contributed by atoms with Crippen molar-refractivity contribution in [2.24, 2.45) is 0 Å². The molecule has 2 aromatic carbocycles. The number of carbonyl (C=O) groups excluding carboxylic acids is 3. The third-order valence-corrected chi connectivity index (χ3v) is 9.46. The second-order valence-electron chi connectivity index (χ2n) is 10.4. The lowest BCUT2D eigenvalue weighted by Crippen LogP contribution is -2.25. The number of nitrogens with one attached hydrogen (secondary N) is 2.